The normalized spacial score (nSPS) is 14.0. The lowest BCUT2D eigenvalue weighted by atomic mass is 10.2. The van der Waals surface area contributed by atoms with Crippen molar-refractivity contribution in [2.45, 2.75) is 45.0 Å². The number of hydrogen-bond acceptors (Lipinski definition) is 4. The van der Waals surface area contributed by atoms with Crippen LogP contribution in [0, 0.1) is 5.82 Å². The third kappa shape index (κ3) is 7.19. The van der Waals surface area contributed by atoms with Gasteiger partial charge in [-0.3, -0.25) is 4.99 Å². The van der Waals surface area contributed by atoms with Gasteiger partial charge in [-0.25, -0.2) is 12.8 Å². The Hall–Kier alpha value is -1.83. The van der Waals surface area contributed by atoms with Gasteiger partial charge in [-0.2, -0.15) is 0 Å². The molecule has 2 N–H and O–H groups in total. The third-order valence-electron chi connectivity index (χ3n) is 4.02. The van der Waals surface area contributed by atoms with E-state index < -0.39 is 14.6 Å². The third-order valence-corrected chi connectivity index (χ3v) is 6.15. The van der Waals surface area contributed by atoms with E-state index in [1.165, 1.54) is 18.4 Å². The average Bonchev–Trinajstić information content (AvgIpc) is 2.55. The number of rotatable bonds is 9. The molecule has 1 aromatic rings. The number of hydrogen-bond donors (Lipinski definition) is 2. The van der Waals surface area contributed by atoms with Crippen LogP contribution >= 0.6 is 0 Å². The summed E-state index contributed by atoms with van der Waals surface area (Å²) < 4.78 is 41.7. The maximum atomic E-state index is 13.3. The van der Waals surface area contributed by atoms with Crippen molar-refractivity contribution in [3.63, 3.8) is 0 Å². The van der Waals surface area contributed by atoms with Gasteiger partial charge in [-0.05, 0) is 39.3 Å². The molecule has 148 valence electrons. The lowest BCUT2D eigenvalue weighted by molar-refractivity contribution is 0.198. The molecule has 0 radical (unpaired) electrons. The lowest BCUT2D eigenvalue weighted by Gasteiger charge is -2.22. The maximum absolute atomic E-state index is 13.3. The molecule has 8 heteroatoms. The van der Waals surface area contributed by atoms with E-state index in [-0.39, 0.29) is 18.5 Å². The van der Waals surface area contributed by atoms with Gasteiger partial charge < -0.3 is 15.4 Å². The summed E-state index contributed by atoms with van der Waals surface area (Å²) in [5.74, 6) is 0.646. The molecule has 6 nitrogen and oxygen atoms in total. The molecule has 0 aliphatic rings. The Morgan fingerprint density at radius 1 is 1.31 bits per heavy atom. The summed E-state index contributed by atoms with van der Waals surface area (Å²) in [5.41, 5.74) is 0. The molecule has 1 rings (SSSR count). The molecular formula is C18H30FN3O3S. The van der Waals surface area contributed by atoms with Crippen LogP contribution in [0.2, 0.25) is 0 Å². The Labute approximate surface area is 156 Å². The van der Waals surface area contributed by atoms with Crippen LogP contribution in [0.15, 0.2) is 29.3 Å². The van der Waals surface area contributed by atoms with Crippen molar-refractivity contribution in [3.05, 3.63) is 30.1 Å². The molecular weight excluding hydrogens is 357 g/mol. The van der Waals surface area contributed by atoms with Gasteiger partial charge in [0.05, 0.1) is 17.8 Å². The van der Waals surface area contributed by atoms with Gasteiger partial charge in [0.25, 0.3) is 0 Å². The second-order valence-electron chi connectivity index (χ2n) is 6.71. The largest absolute Gasteiger partial charge is 0.489 e. The van der Waals surface area contributed by atoms with E-state index in [4.69, 9.17) is 4.74 Å². The van der Waals surface area contributed by atoms with Crippen molar-refractivity contribution in [2.24, 2.45) is 4.99 Å². The van der Waals surface area contributed by atoms with Gasteiger partial charge in [0, 0.05) is 18.9 Å². The topological polar surface area (TPSA) is 79.8 Å². The highest BCUT2D eigenvalue weighted by molar-refractivity contribution is 7.92. The molecule has 0 spiro atoms. The van der Waals surface area contributed by atoms with Gasteiger partial charge in [-0.1, -0.05) is 13.0 Å². The molecule has 0 heterocycles. The number of nitrogens with one attached hydrogen (secondary N) is 2. The first kappa shape index (κ1) is 22.2. The number of ether oxygens (including phenoxy) is 1. The summed E-state index contributed by atoms with van der Waals surface area (Å²) in [6, 6.07) is 6.02. The van der Waals surface area contributed by atoms with Crippen molar-refractivity contribution in [3.8, 4) is 5.75 Å². The molecule has 0 saturated heterocycles. The zero-order valence-corrected chi connectivity index (χ0v) is 17.0. The molecule has 1 atom stereocenters. The van der Waals surface area contributed by atoms with Crippen LogP contribution < -0.4 is 15.4 Å². The maximum Gasteiger partial charge on any atom is 0.191 e. The predicted molar refractivity (Wildman–Crippen MR) is 104 cm³/mol. The smallest absolute Gasteiger partial charge is 0.191 e. The Morgan fingerprint density at radius 2 is 2.00 bits per heavy atom. The molecule has 1 aromatic carbocycles. The molecule has 0 bridgehead atoms. The Bertz CT molecular complexity index is 705. The van der Waals surface area contributed by atoms with Crippen molar-refractivity contribution in [1.82, 2.24) is 10.6 Å². The quantitative estimate of drug-likeness (QED) is 0.502. The van der Waals surface area contributed by atoms with Crippen molar-refractivity contribution >= 4 is 15.8 Å². The number of nitrogens with zero attached hydrogens (tertiary/aromatic N) is 1. The van der Waals surface area contributed by atoms with Gasteiger partial charge in [0.1, 0.15) is 17.7 Å². The Kier molecular flexibility index (Phi) is 8.33. The highest BCUT2D eigenvalue weighted by atomic mass is 32.2. The fourth-order valence-electron chi connectivity index (χ4n) is 1.94. The molecule has 1 unspecified atom stereocenters. The highest BCUT2D eigenvalue weighted by Gasteiger charge is 2.30. The van der Waals surface area contributed by atoms with Gasteiger partial charge in [0.2, 0.25) is 0 Å². The molecule has 0 amide bonds. The van der Waals surface area contributed by atoms with Gasteiger partial charge in [-0.15, -0.1) is 0 Å². The summed E-state index contributed by atoms with van der Waals surface area (Å²) in [4.78, 5) is 4.38. The first-order chi connectivity index (χ1) is 12.1. The molecule has 0 fully saturated rings. The van der Waals surface area contributed by atoms with Crippen LogP contribution in [-0.2, 0) is 9.84 Å². The van der Waals surface area contributed by atoms with Crippen LogP contribution in [0.5, 0.6) is 5.75 Å². The fourth-order valence-corrected chi connectivity index (χ4v) is 2.24. The van der Waals surface area contributed by atoms with E-state index in [1.807, 2.05) is 13.8 Å². The van der Waals surface area contributed by atoms with Crippen LogP contribution in [0.25, 0.3) is 0 Å². The minimum atomic E-state index is -3.22. The number of halogens is 1. The molecule has 0 aromatic heterocycles. The summed E-state index contributed by atoms with van der Waals surface area (Å²) in [7, 11) is -3.22. The standard InChI is InChI=1S/C18H30FN3O3S/c1-6-15(25-16-10-8-9-14(19)11-16)12-21-17(20-7-2)22-13-18(3,4)26(5,23)24/h8-11,15H,6-7,12-13H2,1-5H3,(H2,20,21,22). The SMILES string of the molecule is CCNC(=NCC(C)(C)S(C)(=O)=O)NCC(CC)Oc1cccc(F)c1. The number of aliphatic imine (C=N–C) groups is 1. The summed E-state index contributed by atoms with van der Waals surface area (Å²) in [5, 5.41) is 6.24. The van der Waals surface area contributed by atoms with E-state index in [0.29, 0.717) is 24.8 Å². The van der Waals surface area contributed by atoms with Crippen LogP contribution in [-0.4, -0.2) is 51.1 Å². The van der Waals surface area contributed by atoms with E-state index >= 15 is 0 Å². The first-order valence-corrected chi connectivity index (χ1v) is 10.6. The molecule has 0 aliphatic heterocycles. The van der Waals surface area contributed by atoms with E-state index in [0.717, 1.165) is 6.42 Å². The Balaban J connectivity index is 2.72. The van der Waals surface area contributed by atoms with Gasteiger partial charge >= 0.3 is 0 Å². The molecule has 0 aliphatic carbocycles. The van der Waals surface area contributed by atoms with Crippen molar-refractivity contribution in [2.75, 3.05) is 25.9 Å². The van der Waals surface area contributed by atoms with Crippen LogP contribution in [0.3, 0.4) is 0 Å². The van der Waals surface area contributed by atoms with E-state index in [1.54, 1.807) is 26.0 Å². The number of benzene rings is 1. The van der Waals surface area contributed by atoms with E-state index in [2.05, 4.69) is 15.6 Å². The lowest BCUT2D eigenvalue weighted by Crippen LogP contribution is -2.44. The summed E-state index contributed by atoms with van der Waals surface area (Å²) >= 11 is 0. The molecule has 0 saturated carbocycles. The second-order valence-corrected chi connectivity index (χ2v) is 9.36. The monoisotopic (exact) mass is 387 g/mol. The minimum Gasteiger partial charge on any atom is -0.489 e. The van der Waals surface area contributed by atoms with Crippen LogP contribution in [0.4, 0.5) is 4.39 Å². The van der Waals surface area contributed by atoms with E-state index in [9.17, 15) is 12.8 Å². The highest BCUT2D eigenvalue weighted by Crippen LogP contribution is 2.16. The Morgan fingerprint density at radius 3 is 2.54 bits per heavy atom. The minimum absolute atomic E-state index is 0.142. The zero-order chi connectivity index (χ0) is 19.8. The predicted octanol–water partition coefficient (Wildman–Crippen LogP) is 2.36. The van der Waals surface area contributed by atoms with Crippen LogP contribution in [0.1, 0.15) is 34.1 Å². The van der Waals surface area contributed by atoms with Crippen molar-refractivity contribution in [1.29, 1.82) is 0 Å². The second kappa shape index (κ2) is 9.75. The summed E-state index contributed by atoms with van der Waals surface area (Å²) in [6.07, 6.45) is 1.75. The number of sulfone groups is 1. The van der Waals surface area contributed by atoms with Gasteiger partial charge in [0.15, 0.2) is 15.8 Å². The fraction of sp³-hybridized carbons (Fsp3) is 0.611. The summed E-state index contributed by atoms with van der Waals surface area (Å²) in [6.45, 7) is 8.45. The first-order valence-electron chi connectivity index (χ1n) is 8.73. The number of guanidine groups is 1. The molecule has 26 heavy (non-hydrogen) atoms. The average molecular weight is 388 g/mol. The van der Waals surface area contributed by atoms with Crippen molar-refractivity contribution < 1.29 is 17.5 Å². The zero-order valence-electron chi connectivity index (χ0n) is 16.2.